The maximum absolute atomic E-state index is 3.42. The predicted octanol–water partition coefficient (Wildman–Crippen LogP) is 1.25. The van der Waals surface area contributed by atoms with E-state index in [2.05, 4.69) is 28.2 Å². The van der Waals surface area contributed by atoms with E-state index in [4.69, 9.17) is 0 Å². The van der Waals surface area contributed by atoms with Crippen molar-refractivity contribution in [3.63, 3.8) is 0 Å². The first-order valence-electron chi connectivity index (χ1n) is 4.52. The summed E-state index contributed by atoms with van der Waals surface area (Å²) >= 11 is 0. The molecule has 0 atom stereocenters. The Morgan fingerprint density at radius 1 is 1.42 bits per heavy atom. The van der Waals surface area contributed by atoms with Crippen LogP contribution >= 0.6 is 0 Å². The van der Waals surface area contributed by atoms with Gasteiger partial charge in [0.05, 0.1) is 0 Å². The second-order valence-electron chi connectivity index (χ2n) is 3.53. The molecule has 0 amide bonds. The Kier molecular flexibility index (Phi) is 1.21. The SMILES string of the molecule is c1cc2n(c1)CC1=C2CNCC1. The summed E-state index contributed by atoms with van der Waals surface area (Å²) in [7, 11) is 0. The minimum atomic E-state index is 1.07. The minimum Gasteiger partial charge on any atom is -0.344 e. The molecule has 0 radical (unpaired) electrons. The van der Waals surface area contributed by atoms with Crippen LogP contribution in [0.15, 0.2) is 23.9 Å². The molecule has 0 spiro atoms. The summed E-state index contributed by atoms with van der Waals surface area (Å²) in [6.07, 6.45) is 3.41. The van der Waals surface area contributed by atoms with Gasteiger partial charge in [0.1, 0.15) is 0 Å². The molecule has 1 aromatic heterocycles. The molecule has 3 heterocycles. The molecular weight excluding hydrogens is 148 g/mol. The standard InChI is InChI=1S/C10H12N2/c1-2-10-9-6-11-4-3-8(9)7-12(10)5-1/h1-2,5,11H,3-4,6-7H2. The summed E-state index contributed by atoms with van der Waals surface area (Å²) < 4.78 is 2.34. The zero-order valence-corrected chi connectivity index (χ0v) is 7.01. The Hall–Kier alpha value is -1.02. The van der Waals surface area contributed by atoms with E-state index in [1.165, 1.54) is 12.1 Å². The Bertz CT molecular complexity index is 346. The molecule has 12 heavy (non-hydrogen) atoms. The van der Waals surface area contributed by atoms with Crippen LogP contribution in [0.3, 0.4) is 0 Å². The molecule has 0 saturated heterocycles. The van der Waals surface area contributed by atoms with Gasteiger partial charge in [-0.15, -0.1) is 0 Å². The van der Waals surface area contributed by atoms with Crippen molar-refractivity contribution >= 4 is 5.57 Å². The van der Waals surface area contributed by atoms with Crippen LogP contribution in [0, 0.1) is 0 Å². The molecule has 0 saturated carbocycles. The zero-order chi connectivity index (χ0) is 7.97. The Labute approximate surface area is 71.9 Å². The van der Waals surface area contributed by atoms with Crippen LogP contribution in [0.25, 0.3) is 5.57 Å². The maximum Gasteiger partial charge on any atom is 0.0455 e. The van der Waals surface area contributed by atoms with Gasteiger partial charge in [0, 0.05) is 25.0 Å². The zero-order valence-electron chi connectivity index (χ0n) is 7.01. The van der Waals surface area contributed by atoms with E-state index < -0.39 is 0 Å². The van der Waals surface area contributed by atoms with Gasteiger partial charge in [-0.25, -0.2) is 0 Å². The molecule has 0 aromatic carbocycles. The van der Waals surface area contributed by atoms with E-state index in [-0.39, 0.29) is 0 Å². The van der Waals surface area contributed by atoms with E-state index in [1.807, 2.05) is 0 Å². The quantitative estimate of drug-likeness (QED) is 0.604. The molecular formula is C10H12N2. The highest BCUT2D eigenvalue weighted by molar-refractivity contribution is 5.71. The molecule has 0 fully saturated rings. The van der Waals surface area contributed by atoms with E-state index in [0.29, 0.717) is 0 Å². The first-order chi connectivity index (χ1) is 5.95. The van der Waals surface area contributed by atoms with Crippen molar-refractivity contribution in [3.8, 4) is 0 Å². The smallest absolute Gasteiger partial charge is 0.0455 e. The molecule has 0 bridgehead atoms. The van der Waals surface area contributed by atoms with Gasteiger partial charge in [0.25, 0.3) is 0 Å². The largest absolute Gasteiger partial charge is 0.344 e. The molecule has 2 aliphatic rings. The molecule has 1 aromatic rings. The first kappa shape index (κ1) is 6.49. The number of nitrogens with one attached hydrogen (secondary N) is 1. The lowest BCUT2D eigenvalue weighted by Gasteiger charge is -2.14. The molecule has 1 N–H and O–H groups in total. The summed E-state index contributed by atoms with van der Waals surface area (Å²) in [4.78, 5) is 0. The lowest BCUT2D eigenvalue weighted by Crippen LogP contribution is -2.22. The number of nitrogens with zero attached hydrogens (tertiary/aromatic N) is 1. The lowest BCUT2D eigenvalue weighted by molar-refractivity contribution is 0.693. The molecule has 2 nitrogen and oxygen atoms in total. The molecule has 3 rings (SSSR count). The van der Waals surface area contributed by atoms with Gasteiger partial charge in [-0.3, -0.25) is 0 Å². The second-order valence-corrected chi connectivity index (χ2v) is 3.53. The van der Waals surface area contributed by atoms with Crippen molar-refractivity contribution in [1.29, 1.82) is 0 Å². The van der Waals surface area contributed by atoms with Crippen molar-refractivity contribution in [2.45, 2.75) is 13.0 Å². The third kappa shape index (κ3) is 0.730. The summed E-state index contributed by atoms with van der Waals surface area (Å²) in [6, 6.07) is 4.35. The Balaban J connectivity index is 2.12. The van der Waals surface area contributed by atoms with Crippen LogP contribution in [-0.2, 0) is 6.54 Å². The van der Waals surface area contributed by atoms with Crippen LogP contribution in [0.2, 0.25) is 0 Å². The van der Waals surface area contributed by atoms with Crippen molar-refractivity contribution in [2.24, 2.45) is 0 Å². The molecule has 0 aliphatic carbocycles. The topological polar surface area (TPSA) is 17.0 Å². The van der Waals surface area contributed by atoms with Crippen molar-refractivity contribution < 1.29 is 0 Å². The monoisotopic (exact) mass is 160 g/mol. The average Bonchev–Trinajstić information content (AvgIpc) is 2.62. The summed E-state index contributed by atoms with van der Waals surface area (Å²) in [5.41, 5.74) is 4.62. The number of hydrogen-bond acceptors (Lipinski definition) is 1. The fourth-order valence-electron chi connectivity index (χ4n) is 2.21. The number of hydrogen-bond donors (Lipinski definition) is 1. The highest BCUT2D eigenvalue weighted by Crippen LogP contribution is 2.30. The van der Waals surface area contributed by atoms with Gasteiger partial charge >= 0.3 is 0 Å². The van der Waals surface area contributed by atoms with Crippen LogP contribution in [-0.4, -0.2) is 17.7 Å². The van der Waals surface area contributed by atoms with Crippen LogP contribution in [0.1, 0.15) is 12.1 Å². The first-order valence-corrected chi connectivity index (χ1v) is 4.52. The number of fused-ring (bicyclic) bond motifs is 2. The third-order valence-electron chi connectivity index (χ3n) is 2.83. The van der Waals surface area contributed by atoms with E-state index in [1.54, 1.807) is 11.1 Å². The van der Waals surface area contributed by atoms with Crippen molar-refractivity contribution in [1.82, 2.24) is 9.88 Å². The fourth-order valence-corrected chi connectivity index (χ4v) is 2.21. The lowest BCUT2D eigenvalue weighted by atomic mass is 10.0. The highest BCUT2D eigenvalue weighted by atomic mass is 15.0. The van der Waals surface area contributed by atoms with Gasteiger partial charge in [-0.2, -0.15) is 0 Å². The summed E-state index contributed by atoms with van der Waals surface area (Å²) in [5, 5.41) is 3.42. The summed E-state index contributed by atoms with van der Waals surface area (Å²) in [6.45, 7) is 3.36. The molecule has 62 valence electrons. The Morgan fingerprint density at radius 2 is 2.42 bits per heavy atom. The third-order valence-corrected chi connectivity index (χ3v) is 2.83. The average molecular weight is 160 g/mol. The van der Waals surface area contributed by atoms with Gasteiger partial charge in [0.15, 0.2) is 0 Å². The number of aromatic nitrogens is 1. The van der Waals surface area contributed by atoms with E-state index >= 15 is 0 Å². The highest BCUT2D eigenvalue weighted by Gasteiger charge is 2.22. The fraction of sp³-hybridized carbons (Fsp3) is 0.400. The Morgan fingerprint density at radius 3 is 3.42 bits per heavy atom. The minimum absolute atomic E-state index is 1.07. The van der Waals surface area contributed by atoms with E-state index in [0.717, 1.165) is 19.6 Å². The van der Waals surface area contributed by atoms with Crippen molar-refractivity contribution in [2.75, 3.05) is 13.1 Å². The van der Waals surface area contributed by atoms with Crippen LogP contribution < -0.4 is 5.32 Å². The van der Waals surface area contributed by atoms with Gasteiger partial charge in [-0.05, 0) is 36.2 Å². The number of rotatable bonds is 0. The van der Waals surface area contributed by atoms with Gasteiger partial charge in [0.2, 0.25) is 0 Å². The molecule has 2 heteroatoms. The van der Waals surface area contributed by atoms with Crippen LogP contribution in [0.5, 0.6) is 0 Å². The predicted molar refractivity (Wildman–Crippen MR) is 48.8 cm³/mol. The maximum atomic E-state index is 3.42. The molecule has 0 unspecified atom stereocenters. The van der Waals surface area contributed by atoms with Gasteiger partial charge < -0.3 is 9.88 Å². The van der Waals surface area contributed by atoms with Crippen molar-refractivity contribution in [3.05, 3.63) is 29.6 Å². The van der Waals surface area contributed by atoms with E-state index in [9.17, 15) is 0 Å². The normalized spacial score (nSPS) is 21.0. The molecule has 2 aliphatic heterocycles. The second kappa shape index (κ2) is 2.23. The van der Waals surface area contributed by atoms with Gasteiger partial charge in [-0.1, -0.05) is 0 Å². The van der Waals surface area contributed by atoms with Crippen LogP contribution in [0.4, 0.5) is 0 Å². The summed E-state index contributed by atoms with van der Waals surface area (Å²) in [5.74, 6) is 0.